The summed E-state index contributed by atoms with van der Waals surface area (Å²) < 4.78 is 27.1. The molecular formula is C22H23FN2O4. The molecule has 1 fully saturated rings. The van der Waals surface area contributed by atoms with Crippen molar-refractivity contribution in [2.45, 2.75) is 44.8 Å². The predicted molar refractivity (Wildman–Crippen MR) is 105 cm³/mol. The van der Waals surface area contributed by atoms with Crippen LogP contribution in [-0.2, 0) is 16.6 Å². The Bertz CT molecular complexity index is 1060. The Morgan fingerprint density at radius 1 is 1.24 bits per heavy atom. The maximum absolute atomic E-state index is 14.4. The number of nitrogens with zero attached hydrogens (tertiary/aromatic N) is 1. The number of fused-ring (bicyclic) bond motifs is 1. The molecule has 0 spiro atoms. The second-order valence-electron chi connectivity index (χ2n) is 7.49. The van der Waals surface area contributed by atoms with Crippen LogP contribution >= 0.6 is 0 Å². The lowest BCUT2D eigenvalue weighted by Crippen LogP contribution is -2.38. The molecule has 4 rings (SSSR count). The highest BCUT2D eigenvalue weighted by Gasteiger charge is 2.31. The number of carbonyl (C=O) groups excluding carboxylic acids is 2. The predicted octanol–water partition coefficient (Wildman–Crippen LogP) is 4.18. The van der Waals surface area contributed by atoms with Crippen LogP contribution in [0.25, 0.3) is 11.1 Å². The topological polar surface area (TPSA) is 73.5 Å². The summed E-state index contributed by atoms with van der Waals surface area (Å²) >= 11 is 0. The van der Waals surface area contributed by atoms with E-state index in [1.807, 2.05) is 13.0 Å². The molecule has 0 bridgehead atoms. The van der Waals surface area contributed by atoms with E-state index < -0.39 is 23.8 Å². The number of aromatic nitrogens is 1. The Kier molecular flexibility index (Phi) is 5.13. The summed E-state index contributed by atoms with van der Waals surface area (Å²) in [5.41, 5.74) is 1.56. The van der Waals surface area contributed by atoms with Gasteiger partial charge >= 0.3 is 5.97 Å². The van der Waals surface area contributed by atoms with Gasteiger partial charge in [0.2, 0.25) is 6.10 Å². The van der Waals surface area contributed by atoms with Crippen molar-refractivity contribution in [3.05, 3.63) is 59.2 Å². The van der Waals surface area contributed by atoms with Crippen LogP contribution in [0.15, 0.2) is 40.8 Å². The number of nitrogens with one attached hydrogen (secondary N) is 1. The number of benzene rings is 1. The highest BCUT2D eigenvalue weighted by molar-refractivity contribution is 5.96. The quantitative estimate of drug-likeness (QED) is 0.655. The average molecular weight is 398 g/mol. The van der Waals surface area contributed by atoms with Crippen LogP contribution in [0.4, 0.5) is 4.39 Å². The van der Waals surface area contributed by atoms with Gasteiger partial charge < -0.3 is 19.0 Å². The fourth-order valence-electron chi connectivity index (χ4n) is 3.89. The van der Waals surface area contributed by atoms with Crippen molar-refractivity contribution in [3.8, 4) is 0 Å². The van der Waals surface area contributed by atoms with Crippen molar-refractivity contribution < 1.29 is 23.1 Å². The van der Waals surface area contributed by atoms with Gasteiger partial charge in [0, 0.05) is 30.8 Å². The Balaban J connectivity index is 1.62. The van der Waals surface area contributed by atoms with E-state index in [-0.39, 0.29) is 17.3 Å². The highest BCUT2D eigenvalue weighted by Crippen LogP contribution is 2.27. The molecule has 1 atom stereocenters. The molecule has 0 aliphatic heterocycles. The van der Waals surface area contributed by atoms with Crippen molar-refractivity contribution in [2.24, 2.45) is 7.05 Å². The largest absolute Gasteiger partial charge is 0.460 e. The highest BCUT2D eigenvalue weighted by atomic mass is 19.1. The summed E-state index contributed by atoms with van der Waals surface area (Å²) in [6, 6.07) is 9.25. The van der Waals surface area contributed by atoms with Crippen molar-refractivity contribution >= 4 is 23.0 Å². The number of amides is 1. The molecule has 152 valence electrons. The Labute approximate surface area is 167 Å². The van der Waals surface area contributed by atoms with Crippen LogP contribution in [0.5, 0.6) is 0 Å². The van der Waals surface area contributed by atoms with Gasteiger partial charge in [-0.25, -0.2) is 9.18 Å². The summed E-state index contributed by atoms with van der Waals surface area (Å²) in [4.78, 5) is 25.8. The maximum Gasteiger partial charge on any atom is 0.356 e. The third-order valence-corrected chi connectivity index (χ3v) is 5.42. The number of ether oxygens (including phenoxy) is 1. The first-order valence-corrected chi connectivity index (χ1v) is 9.75. The van der Waals surface area contributed by atoms with E-state index in [9.17, 15) is 14.0 Å². The van der Waals surface area contributed by atoms with Gasteiger partial charge in [0.1, 0.15) is 17.3 Å². The van der Waals surface area contributed by atoms with Crippen LogP contribution < -0.4 is 5.32 Å². The second kappa shape index (κ2) is 7.73. The van der Waals surface area contributed by atoms with Gasteiger partial charge in [-0.05, 0) is 25.8 Å². The van der Waals surface area contributed by atoms with E-state index in [1.165, 1.54) is 18.2 Å². The molecule has 0 saturated heterocycles. The molecule has 2 heterocycles. The Morgan fingerprint density at radius 3 is 2.66 bits per heavy atom. The standard InChI is InChI=1S/C22H23FN2O4/c1-13-11-17-19(28-13)12-18(25(17)2)22(27)29-20(15-9-5-6-10-16(15)23)21(26)24-14-7-3-4-8-14/h5-6,9-12,14,20H,3-4,7-8H2,1-2H3,(H,24,26)/t20-/m0/s1. The average Bonchev–Trinajstić information content (AvgIpc) is 3.39. The molecule has 3 aromatic rings. The number of furan rings is 1. The van der Waals surface area contributed by atoms with Gasteiger partial charge in [-0.1, -0.05) is 31.0 Å². The minimum atomic E-state index is -1.37. The zero-order valence-electron chi connectivity index (χ0n) is 16.4. The third kappa shape index (κ3) is 3.77. The third-order valence-electron chi connectivity index (χ3n) is 5.42. The van der Waals surface area contributed by atoms with Crippen molar-refractivity contribution in [1.82, 2.24) is 9.88 Å². The number of hydrogen-bond donors (Lipinski definition) is 1. The molecule has 7 heteroatoms. The molecule has 29 heavy (non-hydrogen) atoms. The zero-order chi connectivity index (χ0) is 20.5. The van der Waals surface area contributed by atoms with Gasteiger partial charge in [-0.2, -0.15) is 0 Å². The Morgan fingerprint density at radius 2 is 1.97 bits per heavy atom. The number of carbonyl (C=O) groups is 2. The molecular weight excluding hydrogens is 375 g/mol. The summed E-state index contributed by atoms with van der Waals surface area (Å²) in [5, 5.41) is 2.90. The molecule has 1 aromatic carbocycles. The van der Waals surface area contributed by atoms with Gasteiger partial charge in [0.05, 0.1) is 5.52 Å². The minimum absolute atomic E-state index is 0.0239. The van der Waals surface area contributed by atoms with E-state index in [0.717, 1.165) is 37.0 Å². The lowest BCUT2D eigenvalue weighted by Gasteiger charge is -2.21. The first-order valence-electron chi connectivity index (χ1n) is 9.75. The SMILES string of the molecule is Cc1cc2c(cc(C(=O)O[C@H](C(=O)NC3CCCC3)c3ccccc3F)n2C)o1. The Hall–Kier alpha value is -3.09. The molecule has 1 N–H and O–H groups in total. The van der Waals surface area contributed by atoms with E-state index in [4.69, 9.17) is 9.15 Å². The van der Waals surface area contributed by atoms with Crippen molar-refractivity contribution in [2.75, 3.05) is 0 Å². The lowest BCUT2D eigenvalue weighted by atomic mass is 10.1. The van der Waals surface area contributed by atoms with Crippen LogP contribution in [0.2, 0.25) is 0 Å². The molecule has 1 aliphatic carbocycles. The number of esters is 1. The summed E-state index contributed by atoms with van der Waals surface area (Å²) in [5.74, 6) is -1.09. The van der Waals surface area contributed by atoms with Crippen LogP contribution in [0, 0.1) is 12.7 Å². The monoisotopic (exact) mass is 398 g/mol. The van der Waals surface area contributed by atoms with E-state index in [0.29, 0.717) is 5.58 Å². The molecule has 1 amide bonds. The van der Waals surface area contributed by atoms with Gasteiger partial charge in [-0.3, -0.25) is 4.79 Å². The smallest absolute Gasteiger partial charge is 0.356 e. The summed E-state index contributed by atoms with van der Waals surface area (Å²) in [6.45, 7) is 1.82. The normalized spacial score (nSPS) is 15.6. The second-order valence-corrected chi connectivity index (χ2v) is 7.49. The molecule has 2 aromatic heterocycles. The van der Waals surface area contributed by atoms with E-state index in [2.05, 4.69) is 5.32 Å². The van der Waals surface area contributed by atoms with Crippen LogP contribution in [0.1, 0.15) is 53.6 Å². The fourth-order valence-corrected chi connectivity index (χ4v) is 3.89. The number of hydrogen-bond acceptors (Lipinski definition) is 4. The zero-order valence-corrected chi connectivity index (χ0v) is 16.4. The maximum atomic E-state index is 14.4. The molecule has 0 radical (unpaired) electrons. The van der Waals surface area contributed by atoms with E-state index in [1.54, 1.807) is 23.7 Å². The van der Waals surface area contributed by atoms with Crippen LogP contribution in [-0.4, -0.2) is 22.5 Å². The molecule has 0 unspecified atom stereocenters. The number of rotatable bonds is 5. The fraction of sp³-hybridized carbons (Fsp3) is 0.364. The van der Waals surface area contributed by atoms with Crippen LogP contribution in [0.3, 0.4) is 0 Å². The van der Waals surface area contributed by atoms with E-state index >= 15 is 0 Å². The molecule has 1 aliphatic rings. The summed E-state index contributed by atoms with van der Waals surface area (Å²) in [6.07, 6.45) is 2.45. The minimum Gasteiger partial charge on any atom is -0.460 e. The lowest BCUT2D eigenvalue weighted by molar-refractivity contribution is -0.131. The van der Waals surface area contributed by atoms with Crippen molar-refractivity contribution in [1.29, 1.82) is 0 Å². The van der Waals surface area contributed by atoms with Crippen molar-refractivity contribution in [3.63, 3.8) is 0 Å². The molecule has 1 saturated carbocycles. The molecule has 6 nitrogen and oxygen atoms in total. The van der Waals surface area contributed by atoms with Gasteiger partial charge in [0.25, 0.3) is 5.91 Å². The summed E-state index contributed by atoms with van der Waals surface area (Å²) in [7, 11) is 1.71. The number of aryl methyl sites for hydroxylation is 2. The van der Waals surface area contributed by atoms with Gasteiger partial charge in [-0.15, -0.1) is 0 Å². The number of halogens is 1. The van der Waals surface area contributed by atoms with Gasteiger partial charge in [0.15, 0.2) is 5.58 Å². The first kappa shape index (κ1) is 19.2. The first-order chi connectivity index (χ1) is 13.9.